The Bertz CT molecular complexity index is 658. The summed E-state index contributed by atoms with van der Waals surface area (Å²) in [6, 6.07) is 0. The normalized spacial score (nSPS) is 23.5. The quantitative estimate of drug-likeness (QED) is 0.354. The summed E-state index contributed by atoms with van der Waals surface area (Å²) in [5, 5.41) is 16.7. The smallest absolute Gasteiger partial charge is 0.425 e. The molecule has 0 radical (unpaired) electrons. The van der Waals surface area contributed by atoms with Gasteiger partial charge >= 0.3 is 42.1 Å². The predicted molar refractivity (Wildman–Crippen MR) is 128 cm³/mol. The van der Waals surface area contributed by atoms with Crippen molar-refractivity contribution in [2.75, 3.05) is 105 Å². The van der Waals surface area contributed by atoms with Crippen molar-refractivity contribution in [3.63, 3.8) is 0 Å². The monoisotopic (exact) mass is 636 g/mol. The first-order valence-corrected chi connectivity index (χ1v) is 11.7. The third-order valence-electron chi connectivity index (χ3n) is 6.12. The molecule has 8 rings (SSSR count). The Labute approximate surface area is 230 Å². The van der Waals surface area contributed by atoms with Gasteiger partial charge in [0.15, 0.2) is 0 Å². The van der Waals surface area contributed by atoms with E-state index >= 15 is 0 Å². The zero-order chi connectivity index (χ0) is 21.6. The van der Waals surface area contributed by atoms with Crippen LogP contribution in [0.25, 0.3) is 21.3 Å². The van der Waals surface area contributed by atoms with Gasteiger partial charge in [-0.2, -0.15) is 0 Å². The first-order chi connectivity index (χ1) is 15.9. The number of hydrogen-bond acceptors (Lipinski definition) is 8. The van der Waals surface area contributed by atoms with Crippen molar-refractivity contribution in [2.45, 2.75) is 0 Å². The van der Waals surface area contributed by atoms with Gasteiger partial charge in [0.25, 0.3) is 0 Å². The average molecular weight is 632 g/mol. The van der Waals surface area contributed by atoms with Gasteiger partial charge in [-0.3, -0.25) is 0 Å². The van der Waals surface area contributed by atoms with E-state index in [1.165, 1.54) is 0 Å². The van der Waals surface area contributed by atoms with Crippen LogP contribution in [0.2, 0.25) is 0 Å². The maximum absolute atomic E-state index is 4.17. The fourth-order valence-electron chi connectivity index (χ4n) is 4.41. The van der Waals surface area contributed by atoms with Gasteiger partial charge < -0.3 is 60.8 Å². The zero-order valence-electron chi connectivity index (χ0n) is 19.5. The topological polar surface area (TPSA) is 119 Å². The minimum Gasteiger partial charge on any atom is -0.425 e. The molecular formula is C20H32Mo2N12. The number of rotatable bonds is 0. The average Bonchev–Trinajstić information content (AvgIpc) is 3.57. The van der Waals surface area contributed by atoms with Crippen LogP contribution in [-0.4, -0.2) is 148 Å². The Morgan fingerprint density at radius 1 is 0.382 bits per heavy atom. The molecule has 34 heavy (non-hydrogen) atoms. The molecule has 0 saturated carbocycles. The maximum atomic E-state index is 4.17. The van der Waals surface area contributed by atoms with Gasteiger partial charge in [-0.1, -0.05) is 0 Å². The van der Waals surface area contributed by atoms with Crippen LogP contribution in [0.5, 0.6) is 0 Å². The van der Waals surface area contributed by atoms with Crippen molar-refractivity contribution >= 4 is 23.8 Å². The molecule has 0 aromatic heterocycles. The van der Waals surface area contributed by atoms with E-state index in [0.717, 1.165) is 129 Å². The van der Waals surface area contributed by atoms with E-state index in [0.29, 0.717) is 0 Å². The summed E-state index contributed by atoms with van der Waals surface area (Å²) in [4.78, 5) is 25.6. The Morgan fingerprint density at radius 3 is 0.824 bits per heavy atom. The van der Waals surface area contributed by atoms with Gasteiger partial charge in [0.2, 0.25) is 0 Å². The predicted octanol–water partition coefficient (Wildman–Crippen LogP) is 0.176. The molecule has 0 bridgehead atoms. The Balaban J connectivity index is 0.000000125. The Kier molecular flexibility index (Phi) is 10.8. The summed E-state index contributed by atoms with van der Waals surface area (Å²) < 4.78 is 0. The van der Waals surface area contributed by atoms with Gasteiger partial charge in [-0.25, -0.2) is 0 Å². The molecule has 0 amide bonds. The first-order valence-electron chi connectivity index (χ1n) is 11.7. The van der Waals surface area contributed by atoms with Crippen molar-refractivity contribution in [1.29, 1.82) is 0 Å². The minimum absolute atomic E-state index is 0. The second-order valence-corrected chi connectivity index (χ2v) is 8.20. The summed E-state index contributed by atoms with van der Waals surface area (Å²) in [5.74, 6) is 3.96. The SMILES string of the molecule is C1CN2CC[N-]C2=N1.C1CN2CC[N-]C2=N1.C1CN2CC[N-]C2=N1.C1CN2CC[N-]C2=N1.[Mo+2].[Mo+2]. The molecule has 184 valence electrons. The molecule has 0 unspecified atom stereocenters. The second kappa shape index (κ2) is 13.5. The van der Waals surface area contributed by atoms with Crippen LogP contribution in [-0.2, 0) is 42.1 Å². The van der Waals surface area contributed by atoms with Crippen LogP contribution >= 0.6 is 0 Å². The van der Waals surface area contributed by atoms with E-state index in [1.807, 2.05) is 0 Å². The molecule has 4 fully saturated rings. The Morgan fingerprint density at radius 2 is 0.618 bits per heavy atom. The summed E-state index contributed by atoms with van der Waals surface area (Å²) in [6.07, 6.45) is 0. The molecule has 0 N–H and O–H groups in total. The number of aliphatic imine (C=N–C) groups is 4. The summed E-state index contributed by atoms with van der Waals surface area (Å²) in [5.41, 5.74) is 0. The van der Waals surface area contributed by atoms with Gasteiger partial charge in [0.1, 0.15) is 0 Å². The van der Waals surface area contributed by atoms with Gasteiger partial charge in [-0.15, -0.1) is 0 Å². The van der Waals surface area contributed by atoms with Gasteiger partial charge in [0.05, 0.1) is 0 Å². The first kappa shape index (κ1) is 27.1. The number of hydrogen-bond donors (Lipinski definition) is 0. The molecule has 0 atom stereocenters. The van der Waals surface area contributed by atoms with Crippen molar-refractivity contribution < 1.29 is 42.1 Å². The fourth-order valence-corrected chi connectivity index (χ4v) is 4.41. The van der Waals surface area contributed by atoms with Crippen LogP contribution in [0.3, 0.4) is 0 Å². The second-order valence-electron chi connectivity index (χ2n) is 8.20. The van der Waals surface area contributed by atoms with E-state index < -0.39 is 0 Å². The van der Waals surface area contributed by atoms with E-state index in [2.05, 4.69) is 60.8 Å². The van der Waals surface area contributed by atoms with Crippen LogP contribution in [0.15, 0.2) is 20.0 Å². The summed E-state index contributed by atoms with van der Waals surface area (Å²) in [7, 11) is 0. The van der Waals surface area contributed by atoms with Crippen molar-refractivity contribution in [1.82, 2.24) is 19.6 Å². The fraction of sp³-hybridized carbons (Fsp3) is 0.800. The third kappa shape index (κ3) is 6.77. The van der Waals surface area contributed by atoms with Crippen molar-refractivity contribution in [3.05, 3.63) is 21.3 Å². The maximum Gasteiger partial charge on any atom is 2.00 e. The standard InChI is InChI=1S/4C5H8N3.2Mo/c4*1-3-8-4-2-7-5(8)6-1;;/h4*1-4H2;;/q4*-1;2*+2. The summed E-state index contributed by atoms with van der Waals surface area (Å²) in [6.45, 7) is 16.4. The van der Waals surface area contributed by atoms with Crippen molar-refractivity contribution in [2.24, 2.45) is 20.0 Å². The molecule has 8 aliphatic rings. The summed E-state index contributed by atoms with van der Waals surface area (Å²) >= 11 is 0. The molecule has 0 aliphatic carbocycles. The van der Waals surface area contributed by atoms with Crippen molar-refractivity contribution in [3.8, 4) is 0 Å². The third-order valence-corrected chi connectivity index (χ3v) is 6.12. The molecular weight excluding hydrogens is 600 g/mol. The van der Waals surface area contributed by atoms with E-state index in [1.54, 1.807) is 0 Å². The molecule has 4 saturated heterocycles. The van der Waals surface area contributed by atoms with E-state index in [9.17, 15) is 0 Å². The number of fused-ring (bicyclic) bond motifs is 4. The van der Waals surface area contributed by atoms with Crippen LogP contribution in [0, 0.1) is 0 Å². The van der Waals surface area contributed by atoms with Crippen LogP contribution in [0.1, 0.15) is 0 Å². The van der Waals surface area contributed by atoms with Crippen LogP contribution < -0.4 is 0 Å². The molecule has 0 aromatic carbocycles. The largest absolute Gasteiger partial charge is 2.00 e. The molecule has 14 heteroatoms. The van der Waals surface area contributed by atoms with Gasteiger partial charge in [-0.05, 0) is 105 Å². The molecule has 8 aliphatic heterocycles. The van der Waals surface area contributed by atoms with E-state index in [-0.39, 0.29) is 42.1 Å². The molecule has 12 nitrogen and oxygen atoms in total. The molecule has 8 heterocycles. The molecule has 0 aromatic rings. The Hall–Kier alpha value is -1.54. The number of guanidine groups is 4. The zero-order valence-corrected chi connectivity index (χ0v) is 23.5. The van der Waals surface area contributed by atoms with Crippen LogP contribution in [0.4, 0.5) is 0 Å². The minimum atomic E-state index is 0. The number of nitrogens with zero attached hydrogens (tertiary/aromatic N) is 12. The molecule has 0 spiro atoms. The van der Waals surface area contributed by atoms with Gasteiger partial charge in [0, 0.05) is 23.8 Å². The van der Waals surface area contributed by atoms with E-state index in [4.69, 9.17) is 0 Å².